The highest BCUT2D eigenvalue weighted by molar-refractivity contribution is 5.90. The molecule has 1 rings (SSSR count). The molecule has 0 spiro atoms. The fourth-order valence-electron chi connectivity index (χ4n) is 1.36. The number of aryl methyl sites for hydroxylation is 1. The molecule has 0 fully saturated rings. The number of carboxylic acid groups (broad SMARTS) is 1. The minimum Gasteiger partial charge on any atom is -0.497 e. The number of carbonyl (C=O) groups is 1. The largest absolute Gasteiger partial charge is 0.497 e. The lowest BCUT2D eigenvalue weighted by Crippen LogP contribution is -1.98. The lowest BCUT2D eigenvalue weighted by Gasteiger charge is -2.01. The minimum atomic E-state index is -1.18. The van der Waals surface area contributed by atoms with Gasteiger partial charge in [-0.05, 0) is 30.5 Å². The second-order valence-corrected chi connectivity index (χ2v) is 3.42. The highest BCUT2D eigenvalue weighted by Crippen LogP contribution is 2.13. The standard InChI is InChI=1S/C13H13NO3/c1-17-12-7-5-10(6-8-12)3-2-4-11(9-14)13(15)16/h4-8H,2-3H2,1H3,(H,15,16)/b11-4+. The molecule has 0 aliphatic carbocycles. The molecule has 4 heteroatoms. The van der Waals surface area contributed by atoms with Crippen LogP contribution in [0.15, 0.2) is 35.9 Å². The second kappa shape index (κ2) is 6.33. The molecule has 1 aromatic carbocycles. The highest BCUT2D eigenvalue weighted by Gasteiger charge is 2.04. The molecule has 0 saturated heterocycles. The Bertz CT molecular complexity index is 455. The number of allylic oxidation sites excluding steroid dienone is 1. The third kappa shape index (κ3) is 3.99. The Morgan fingerprint density at radius 3 is 2.59 bits per heavy atom. The zero-order chi connectivity index (χ0) is 12.7. The molecule has 0 amide bonds. The average molecular weight is 231 g/mol. The van der Waals surface area contributed by atoms with Crippen LogP contribution in [-0.2, 0) is 11.2 Å². The zero-order valence-electron chi connectivity index (χ0n) is 9.51. The Hall–Kier alpha value is -2.28. The smallest absolute Gasteiger partial charge is 0.346 e. The van der Waals surface area contributed by atoms with Crippen LogP contribution in [0.3, 0.4) is 0 Å². The molecule has 0 radical (unpaired) electrons. The van der Waals surface area contributed by atoms with E-state index in [0.29, 0.717) is 12.8 Å². The van der Waals surface area contributed by atoms with Crippen LogP contribution in [0.4, 0.5) is 0 Å². The Kier molecular flexibility index (Phi) is 4.77. The van der Waals surface area contributed by atoms with E-state index in [1.165, 1.54) is 6.08 Å². The zero-order valence-corrected chi connectivity index (χ0v) is 9.51. The van der Waals surface area contributed by atoms with Gasteiger partial charge in [0.2, 0.25) is 0 Å². The number of hydrogen-bond donors (Lipinski definition) is 1. The summed E-state index contributed by atoms with van der Waals surface area (Å²) in [7, 11) is 1.60. The average Bonchev–Trinajstić information content (AvgIpc) is 2.35. The maximum absolute atomic E-state index is 10.5. The molecule has 1 N–H and O–H groups in total. The third-order valence-corrected chi connectivity index (χ3v) is 2.29. The van der Waals surface area contributed by atoms with E-state index in [4.69, 9.17) is 15.1 Å². The molecule has 0 aromatic heterocycles. The summed E-state index contributed by atoms with van der Waals surface area (Å²) in [6, 6.07) is 9.18. The van der Waals surface area contributed by atoms with Crippen LogP contribution in [0.25, 0.3) is 0 Å². The van der Waals surface area contributed by atoms with Crippen molar-refractivity contribution in [1.82, 2.24) is 0 Å². The summed E-state index contributed by atoms with van der Waals surface area (Å²) in [5.74, 6) is -0.394. The molecule has 0 bridgehead atoms. The van der Waals surface area contributed by atoms with Gasteiger partial charge in [0.15, 0.2) is 0 Å². The minimum absolute atomic E-state index is 0.210. The number of hydrogen-bond acceptors (Lipinski definition) is 3. The number of ether oxygens (including phenoxy) is 1. The van der Waals surface area contributed by atoms with Crippen molar-refractivity contribution in [1.29, 1.82) is 5.26 Å². The van der Waals surface area contributed by atoms with Crippen molar-refractivity contribution in [3.8, 4) is 11.8 Å². The van der Waals surface area contributed by atoms with E-state index >= 15 is 0 Å². The maximum Gasteiger partial charge on any atom is 0.346 e. The number of aliphatic carboxylic acids is 1. The van der Waals surface area contributed by atoms with E-state index in [-0.39, 0.29) is 5.57 Å². The van der Waals surface area contributed by atoms with Gasteiger partial charge < -0.3 is 9.84 Å². The first-order valence-corrected chi connectivity index (χ1v) is 5.14. The predicted molar refractivity (Wildman–Crippen MR) is 62.6 cm³/mol. The van der Waals surface area contributed by atoms with E-state index in [1.807, 2.05) is 24.3 Å². The van der Waals surface area contributed by atoms with Crippen LogP contribution in [0.2, 0.25) is 0 Å². The lowest BCUT2D eigenvalue weighted by molar-refractivity contribution is -0.132. The van der Waals surface area contributed by atoms with Crippen molar-refractivity contribution in [2.75, 3.05) is 7.11 Å². The number of benzene rings is 1. The monoisotopic (exact) mass is 231 g/mol. The highest BCUT2D eigenvalue weighted by atomic mass is 16.5. The fraction of sp³-hybridized carbons (Fsp3) is 0.231. The van der Waals surface area contributed by atoms with E-state index in [9.17, 15) is 4.79 Å². The molecule has 17 heavy (non-hydrogen) atoms. The van der Waals surface area contributed by atoms with Gasteiger partial charge >= 0.3 is 5.97 Å². The lowest BCUT2D eigenvalue weighted by atomic mass is 10.1. The van der Waals surface area contributed by atoms with Gasteiger partial charge in [0.05, 0.1) is 7.11 Å². The number of methoxy groups -OCH3 is 1. The van der Waals surface area contributed by atoms with Crippen molar-refractivity contribution in [2.45, 2.75) is 12.8 Å². The van der Waals surface area contributed by atoms with Crippen LogP contribution < -0.4 is 4.74 Å². The number of rotatable bonds is 5. The molecule has 4 nitrogen and oxygen atoms in total. The summed E-state index contributed by atoms with van der Waals surface area (Å²) in [4.78, 5) is 10.5. The van der Waals surface area contributed by atoms with Gasteiger partial charge in [-0.15, -0.1) is 0 Å². The summed E-state index contributed by atoms with van der Waals surface area (Å²) < 4.78 is 5.03. The first-order chi connectivity index (χ1) is 8.17. The van der Waals surface area contributed by atoms with Crippen molar-refractivity contribution < 1.29 is 14.6 Å². The van der Waals surface area contributed by atoms with E-state index in [2.05, 4.69) is 0 Å². The van der Waals surface area contributed by atoms with Gasteiger partial charge in [0, 0.05) is 0 Å². The van der Waals surface area contributed by atoms with Gasteiger partial charge in [-0.2, -0.15) is 5.26 Å². The quantitative estimate of drug-likeness (QED) is 0.622. The molecule has 0 saturated carbocycles. The summed E-state index contributed by atoms with van der Waals surface area (Å²) in [6.45, 7) is 0. The molecule has 0 aliphatic heterocycles. The van der Waals surface area contributed by atoms with Crippen molar-refractivity contribution in [3.05, 3.63) is 41.5 Å². The maximum atomic E-state index is 10.5. The van der Waals surface area contributed by atoms with Gasteiger partial charge in [0.25, 0.3) is 0 Å². The Balaban J connectivity index is 2.56. The topological polar surface area (TPSA) is 70.3 Å². The number of nitriles is 1. The molecule has 0 heterocycles. The van der Waals surface area contributed by atoms with Crippen molar-refractivity contribution >= 4 is 5.97 Å². The van der Waals surface area contributed by atoms with Gasteiger partial charge in [-0.25, -0.2) is 4.79 Å². The van der Waals surface area contributed by atoms with E-state index in [0.717, 1.165) is 11.3 Å². The third-order valence-electron chi connectivity index (χ3n) is 2.29. The molecular weight excluding hydrogens is 218 g/mol. The Morgan fingerprint density at radius 1 is 1.47 bits per heavy atom. The van der Waals surface area contributed by atoms with Crippen LogP contribution in [-0.4, -0.2) is 18.2 Å². The van der Waals surface area contributed by atoms with Crippen LogP contribution in [0, 0.1) is 11.3 Å². The summed E-state index contributed by atoms with van der Waals surface area (Å²) >= 11 is 0. The van der Waals surface area contributed by atoms with Crippen LogP contribution in [0.1, 0.15) is 12.0 Å². The van der Waals surface area contributed by atoms with Crippen LogP contribution in [0.5, 0.6) is 5.75 Å². The van der Waals surface area contributed by atoms with Gasteiger partial charge in [-0.1, -0.05) is 18.2 Å². The molecule has 0 aliphatic rings. The van der Waals surface area contributed by atoms with Gasteiger partial charge in [-0.3, -0.25) is 0 Å². The fourth-order valence-corrected chi connectivity index (χ4v) is 1.36. The predicted octanol–water partition coefficient (Wildman–Crippen LogP) is 2.16. The summed E-state index contributed by atoms with van der Waals surface area (Å²) in [5, 5.41) is 17.2. The molecule has 1 aromatic rings. The number of nitrogens with zero attached hydrogens (tertiary/aromatic N) is 1. The SMILES string of the molecule is COc1ccc(CC/C=C(\C#N)C(=O)O)cc1. The first-order valence-electron chi connectivity index (χ1n) is 5.14. The van der Waals surface area contributed by atoms with Crippen LogP contribution >= 0.6 is 0 Å². The molecular formula is C13H13NO3. The molecule has 88 valence electrons. The van der Waals surface area contributed by atoms with E-state index < -0.39 is 5.97 Å². The summed E-state index contributed by atoms with van der Waals surface area (Å²) in [5.41, 5.74) is 0.864. The van der Waals surface area contributed by atoms with Gasteiger partial charge in [0.1, 0.15) is 17.4 Å². The first kappa shape index (κ1) is 12.8. The Morgan fingerprint density at radius 2 is 2.12 bits per heavy atom. The summed E-state index contributed by atoms with van der Waals surface area (Å²) in [6.07, 6.45) is 2.66. The Labute approximate surface area is 99.8 Å². The van der Waals surface area contributed by atoms with Crippen molar-refractivity contribution in [3.63, 3.8) is 0 Å². The second-order valence-electron chi connectivity index (χ2n) is 3.42. The van der Waals surface area contributed by atoms with Crippen molar-refractivity contribution in [2.24, 2.45) is 0 Å². The number of carboxylic acids is 1. The molecule has 0 atom stereocenters. The normalized spacial score (nSPS) is 10.7. The van der Waals surface area contributed by atoms with E-state index in [1.54, 1.807) is 13.2 Å². The molecule has 0 unspecified atom stereocenters.